The predicted molar refractivity (Wildman–Crippen MR) is 81.5 cm³/mol. The standard InChI is InChI=1S/C14H17BrN2S/c15-9-14(7-3-4-8-14)10-18-13-16-11-5-1-2-6-12(11)17-13/h1-2,5-6H,3-4,7-10H2,(H,16,17). The molecule has 1 saturated carbocycles. The summed E-state index contributed by atoms with van der Waals surface area (Å²) in [4.78, 5) is 8.03. The Balaban J connectivity index is 1.72. The van der Waals surface area contributed by atoms with Crippen molar-refractivity contribution in [3.05, 3.63) is 24.3 Å². The lowest BCUT2D eigenvalue weighted by Gasteiger charge is -2.25. The largest absolute Gasteiger partial charge is 0.333 e. The number of aromatic nitrogens is 2. The highest BCUT2D eigenvalue weighted by molar-refractivity contribution is 9.09. The minimum absolute atomic E-state index is 0.490. The molecule has 4 heteroatoms. The molecule has 1 fully saturated rings. The number of para-hydroxylation sites is 2. The summed E-state index contributed by atoms with van der Waals surface area (Å²) in [6, 6.07) is 8.23. The first kappa shape index (κ1) is 12.5. The minimum Gasteiger partial charge on any atom is -0.333 e. The quantitative estimate of drug-likeness (QED) is 0.657. The second kappa shape index (κ2) is 5.25. The monoisotopic (exact) mass is 324 g/mol. The Hall–Kier alpha value is -0.480. The molecule has 1 aliphatic rings. The van der Waals surface area contributed by atoms with Crippen molar-refractivity contribution in [1.82, 2.24) is 9.97 Å². The first-order valence-electron chi connectivity index (χ1n) is 6.45. The highest BCUT2D eigenvalue weighted by Gasteiger charge is 2.32. The van der Waals surface area contributed by atoms with Gasteiger partial charge in [-0.3, -0.25) is 0 Å². The van der Waals surface area contributed by atoms with Gasteiger partial charge in [-0.15, -0.1) is 0 Å². The molecule has 0 amide bonds. The Morgan fingerprint density at radius 3 is 2.78 bits per heavy atom. The van der Waals surface area contributed by atoms with Crippen LogP contribution in [0.1, 0.15) is 25.7 Å². The van der Waals surface area contributed by atoms with Gasteiger partial charge in [0, 0.05) is 11.1 Å². The van der Waals surface area contributed by atoms with E-state index >= 15 is 0 Å². The number of nitrogens with one attached hydrogen (secondary N) is 1. The van der Waals surface area contributed by atoms with Gasteiger partial charge in [0.15, 0.2) is 5.16 Å². The molecule has 1 aliphatic carbocycles. The number of halogens is 1. The Kier molecular flexibility index (Phi) is 3.66. The molecule has 1 N–H and O–H groups in total. The first-order chi connectivity index (χ1) is 8.81. The van der Waals surface area contributed by atoms with E-state index in [1.807, 2.05) is 23.9 Å². The van der Waals surface area contributed by atoms with E-state index in [4.69, 9.17) is 0 Å². The van der Waals surface area contributed by atoms with Gasteiger partial charge in [0.1, 0.15) is 0 Å². The van der Waals surface area contributed by atoms with Crippen molar-refractivity contribution in [3.8, 4) is 0 Å². The average Bonchev–Trinajstić information content (AvgIpc) is 3.03. The molecule has 1 aromatic carbocycles. The normalized spacial score (nSPS) is 18.5. The number of benzene rings is 1. The third-order valence-electron chi connectivity index (χ3n) is 3.83. The number of hydrogen-bond acceptors (Lipinski definition) is 2. The zero-order chi connectivity index (χ0) is 12.4. The van der Waals surface area contributed by atoms with Crippen LogP contribution in [0.4, 0.5) is 0 Å². The molecule has 0 unspecified atom stereocenters. The van der Waals surface area contributed by atoms with E-state index in [1.165, 1.54) is 25.7 Å². The van der Waals surface area contributed by atoms with E-state index in [0.717, 1.165) is 27.3 Å². The Morgan fingerprint density at radius 1 is 1.28 bits per heavy atom. The van der Waals surface area contributed by atoms with E-state index in [1.54, 1.807) is 0 Å². The van der Waals surface area contributed by atoms with Gasteiger partial charge in [0.25, 0.3) is 0 Å². The third kappa shape index (κ3) is 2.45. The van der Waals surface area contributed by atoms with Crippen LogP contribution >= 0.6 is 27.7 Å². The van der Waals surface area contributed by atoms with Crippen LogP contribution in [0.3, 0.4) is 0 Å². The minimum atomic E-state index is 0.490. The fraction of sp³-hybridized carbons (Fsp3) is 0.500. The van der Waals surface area contributed by atoms with Crippen LogP contribution in [0.25, 0.3) is 11.0 Å². The molecule has 0 spiro atoms. The van der Waals surface area contributed by atoms with Crippen LogP contribution in [0, 0.1) is 5.41 Å². The number of fused-ring (bicyclic) bond motifs is 1. The van der Waals surface area contributed by atoms with E-state index in [9.17, 15) is 0 Å². The number of alkyl halides is 1. The van der Waals surface area contributed by atoms with E-state index < -0.39 is 0 Å². The number of H-pyrrole nitrogens is 1. The molecule has 18 heavy (non-hydrogen) atoms. The molecule has 0 radical (unpaired) electrons. The Bertz CT molecular complexity index is 498. The predicted octanol–water partition coefficient (Wildman–Crippen LogP) is 4.61. The molecule has 0 atom stereocenters. The second-order valence-electron chi connectivity index (χ2n) is 5.19. The maximum absolute atomic E-state index is 4.63. The number of thioether (sulfide) groups is 1. The Labute approximate surface area is 120 Å². The van der Waals surface area contributed by atoms with Gasteiger partial charge >= 0.3 is 0 Å². The zero-order valence-electron chi connectivity index (χ0n) is 10.3. The summed E-state index contributed by atoms with van der Waals surface area (Å²) in [6.07, 6.45) is 5.47. The summed E-state index contributed by atoms with van der Waals surface area (Å²) in [5, 5.41) is 2.18. The maximum Gasteiger partial charge on any atom is 0.166 e. The van der Waals surface area contributed by atoms with Gasteiger partial charge in [-0.1, -0.05) is 52.7 Å². The van der Waals surface area contributed by atoms with Gasteiger partial charge in [-0.05, 0) is 30.4 Å². The number of aromatic amines is 1. The SMILES string of the molecule is BrCC1(CSc2nc3ccccc3[nH]2)CCCC1. The molecular formula is C14H17BrN2S. The van der Waals surface area contributed by atoms with E-state index in [2.05, 4.69) is 38.0 Å². The topological polar surface area (TPSA) is 28.7 Å². The van der Waals surface area contributed by atoms with Crippen molar-refractivity contribution in [2.45, 2.75) is 30.8 Å². The summed E-state index contributed by atoms with van der Waals surface area (Å²) in [6.45, 7) is 0. The summed E-state index contributed by atoms with van der Waals surface area (Å²) < 4.78 is 0. The fourth-order valence-corrected chi connectivity index (χ4v) is 4.86. The van der Waals surface area contributed by atoms with Gasteiger partial charge in [-0.2, -0.15) is 0 Å². The molecule has 2 aromatic rings. The van der Waals surface area contributed by atoms with E-state index in [0.29, 0.717) is 5.41 Å². The van der Waals surface area contributed by atoms with Crippen LogP contribution in [-0.4, -0.2) is 21.1 Å². The number of nitrogens with zero attached hydrogens (tertiary/aromatic N) is 1. The van der Waals surface area contributed by atoms with Gasteiger partial charge in [-0.25, -0.2) is 4.98 Å². The molecule has 1 aromatic heterocycles. The highest BCUT2D eigenvalue weighted by atomic mass is 79.9. The van der Waals surface area contributed by atoms with Gasteiger partial charge in [0.2, 0.25) is 0 Å². The van der Waals surface area contributed by atoms with Gasteiger partial charge in [0.05, 0.1) is 11.0 Å². The third-order valence-corrected chi connectivity index (χ3v) is 6.24. The molecule has 2 nitrogen and oxygen atoms in total. The van der Waals surface area contributed by atoms with Crippen LogP contribution < -0.4 is 0 Å². The molecule has 1 heterocycles. The fourth-order valence-electron chi connectivity index (χ4n) is 2.66. The van der Waals surface area contributed by atoms with Gasteiger partial charge < -0.3 is 4.98 Å². The first-order valence-corrected chi connectivity index (χ1v) is 8.56. The zero-order valence-corrected chi connectivity index (χ0v) is 12.7. The molecule has 0 bridgehead atoms. The number of imidazole rings is 1. The van der Waals surface area contributed by atoms with Crippen molar-refractivity contribution in [2.75, 3.05) is 11.1 Å². The molecular weight excluding hydrogens is 308 g/mol. The smallest absolute Gasteiger partial charge is 0.166 e. The summed E-state index contributed by atoms with van der Waals surface area (Å²) >= 11 is 5.57. The van der Waals surface area contributed by atoms with Crippen LogP contribution in [0.15, 0.2) is 29.4 Å². The second-order valence-corrected chi connectivity index (χ2v) is 6.71. The lowest BCUT2D eigenvalue weighted by Crippen LogP contribution is -2.21. The van der Waals surface area contributed by atoms with Crippen LogP contribution in [0.2, 0.25) is 0 Å². The van der Waals surface area contributed by atoms with E-state index in [-0.39, 0.29) is 0 Å². The van der Waals surface area contributed by atoms with Crippen molar-refractivity contribution in [2.24, 2.45) is 5.41 Å². The summed E-state index contributed by atoms with van der Waals surface area (Å²) in [7, 11) is 0. The van der Waals surface area contributed by atoms with Crippen molar-refractivity contribution >= 4 is 38.7 Å². The maximum atomic E-state index is 4.63. The number of hydrogen-bond donors (Lipinski definition) is 1. The number of rotatable bonds is 4. The highest BCUT2D eigenvalue weighted by Crippen LogP contribution is 2.43. The molecule has 0 aliphatic heterocycles. The molecule has 3 rings (SSSR count). The average molecular weight is 325 g/mol. The van der Waals surface area contributed by atoms with Crippen molar-refractivity contribution in [1.29, 1.82) is 0 Å². The lowest BCUT2D eigenvalue weighted by atomic mass is 9.92. The van der Waals surface area contributed by atoms with Crippen LogP contribution in [0.5, 0.6) is 0 Å². The lowest BCUT2D eigenvalue weighted by molar-refractivity contribution is 0.405. The summed E-state index contributed by atoms with van der Waals surface area (Å²) in [5.74, 6) is 1.16. The van der Waals surface area contributed by atoms with Crippen molar-refractivity contribution in [3.63, 3.8) is 0 Å². The summed E-state index contributed by atoms with van der Waals surface area (Å²) in [5.41, 5.74) is 2.70. The molecule has 0 saturated heterocycles. The Morgan fingerprint density at radius 2 is 2.06 bits per heavy atom. The van der Waals surface area contributed by atoms with Crippen LogP contribution in [-0.2, 0) is 0 Å². The molecule has 96 valence electrons. The van der Waals surface area contributed by atoms with Crippen molar-refractivity contribution < 1.29 is 0 Å².